The fourth-order valence-corrected chi connectivity index (χ4v) is 4.43. The summed E-state index contributed by atoms with van der Waals surface area (Å²) in [7, 11) is 1.60. The van der Waals surface area contributed by atoms with Gasteiger partial charge in [-0.25, -0.2) is 0 Å². The van der Waals surface area contributed by atoms with E-state index >= 15 is 0 Å². The lowest BCUT2D eigenvalue weighted by molar-refractivity contribution is -0.138. The van der Waals surface area contributed by atoms with E-state index in [1.54, 1.807) is 18.1 Å². The van der Waals surface area contributed by atoms with Crippen molar-refractivity contribution in [3.05, 3.63) is 71.4 Å². The van der Waals surface area contributed by atoms with Crippen molar-refractivity contribution in [2.45, 2.75) is 45.7 Å². The number of rotatable bonds is 4. The molecule has 1 aromatic heterocycles. The number of para-hydroxylation sites is 1. The molecule has 0 aliphatic carbocycles. The molecule has 172 valence electrons. The summed E-state index contributed by atoms with van der Waals surface area (Å²) >= 11 is 0. The van der Waals surface area contributed by atoms with E-state index in [9.17, 15) is 9.59 Å². The van der Waals surface area contributed by atoms with Gasteiger partial charge in [-0.3, -0.25) is 9.59 Å². The van der Waals surface area contributed by atoms with Gasteiger partial charge < -0.3 is 19.9 Å². The molecule has 0 radical (unpaired) electrons. The zero-order valence-corrected chi connectivity index (χ0v) is 19.9. The Morgan fingerprint density at radius 3 is 2.48 bits per heavy atom. The second kappa shape index (κ2) is 8.77. The molecule has 2 amide bonds. The number of H-pyrrole nitrogens is 1. The number of fused-ring (bicyclic) bond motifs is 3. The number of aromatic nitrogens is 1. The van der Waals surface area contributed by atoms with Crippen LogP contribution in [0.15, 0.2) is 54.6 Å². The van der Waals surface area contributed by atoms with Crippen LogP contribution in [0.3, 0.4) is 0 Å². The van der Waals surface area contributed by atoms with Crippen LogP contribution in [0.25, 0.3) is 16.5 Å². The first-order valence-corrected chi connectivity index (χ1v) is 11.2. The Bertz CT molecular complexity index is 1220. The maximum Gasteiger partial charge on any atom is 0.247 e. The lowest BCUT2D eigenvalue weighted by atomic mass is 9.97. The molecule has 0 bridgehead atoms. The van der Waals surface area contributed by atoms with Gasteiger partial charge in [-0.05, 0) is 69.0 Å². The number of amides is 2. The molecule has 1 unspecified atom stereocenters. The minimum absolute atomic E-state index is 0.179. The summed E-state index contributed by atoms with van der Waals surface area (Å²) in [5.41, 5.74) is 4.39. The van der Waals surface area contributed by atoms with Crippen LogP contribution in [0.5, 0.6) is 5.75 Å². The predicted octanol–water partition coefficient (Wildman–Crippen LogP) is 4.62. The molecule has 6 nitrogen and oxygen atoms in total. The predicted molar refractivity (Wildman–Crippen MR) is 131 cm³/mol. The van der Waals surface area contributed by atoms with Gasteiger partial charge in [0.25, 0.3) is 0 Å². The van der Waals surface area contributed by atoms with Gasteiger partial charge in [0.1, 0.15) is 11.8 Å². The van der Waals surface area contributed by atoms with E-state index < -0.39 is 11.6 Å². The maximum atomic E-state index is 13.5. The van der Waals surface area contributed by atoms with Crippen LogP contribution >= 0.6 is 0 Å². The zero-order valence-electron chi connectivity index (χ0n) is 19.9. The van der Waals surface area contributed by atoms with Crippen LogP contribution in [0.4, 0.5) is 0 Å². The van der Waals surface area contributed by atoms with E-state index in [1.165, 1.54) is 5.56 Å². The highest BCUT2D eigenvalue weighted by atomic mass is 16.5. The van der Waals surface area contributed by atoms with E-state index in [0.29, 0.717) is 18.7 Å². The van der Waals surface area contributed by atoms with E-state index in [0.717, 1.165) is 27.7 Å². The molecule has 1 atom stereocenters. The molecule has 2 aromatic carbocycles. The van der Waals surface area contributed by atoms with Gasteiger partial charge in [0.2, 0.25) is 11.8 Å². The highest BCUT2D eigenvalue weighted by Gasteiger charge is 2.34. The average Bonchev–Trinajstić information content (AvgIpc) is 3.13. The van der Waals surface area contributed by atoms with Crippen molar-refractivity contribution in [2.75, 3.05) is 13.7 Å². The summed E-state index contributed by atoms with van der Waals surface area (Å²) in [4.78, 5) is 32.1. The number of nitrogens with one attached hydrogen (secondary N) is 2. The van der Waals surface area contributed by atoms with Crippen molar-refractivity contribution in [3.63, 3.8) is 0 Å². The third kappa shape index (κ3) is 4.65. The first kappa shape index (κ1) is 22.6. The van der Waals surface area contributed by atoms with Crippen molar-refractivity contribution >= 4 is 28.3 Å². The zero-order chi connectivity index (χ0) is 23.8. The molecule has 0 saturated carbocycles. The van der Waals surface area contributed by atoms with Crippen LogP contribution in [-0.2, 0) is 16.0 Å². The summed E-state index contributed by atoms with van der Waals surface area (Å²) in [6, 6.07) is 14.8. The Labute approximate surface area is 194 Å². The Morgan fingerprint density at radius 1 is 1.12 bits per heavy atom. The number of carbonyl (C=O) groups excluding carboxylic acids is 2. The standard InChI is InChI=1S/C27H31N3O3/c1-17-16-23(31)30(15-14-21-20-8-6-7-9-22(20)28-24(17)21)25(26(32)29-27(2,3)4)18-10-12-19(33-5)13-11-18/h6-13,16,25,28H,14-15H2,1-5H3,(H,29,32)/b17-16-. The maximum absolute atomic E-state index is 13.5. The van der Waals surface area contributed by atoms with Gasteiger partial charge in [0.05, 0.1) is 7.11 Å². The lowest BCUT2D eigenvalue weighted by Crippen LogP contribution is -2.49. The topological polar surface area (TPSA) is 74.4 Å². The first-order chi connectivity index (χ1) is 15.7. The largest absolute Gasteiger partial charge is 0.497 e. The van der Waals surface area contributed by atoms with Crippen molar-refractivity contribution in [1.29, 1.82) is 0 Å². The van der Waals surface area contributed by atoms with Crippen molar-refractivity contribution < 1.29 is 14.3 Å². The van der Waals surface area contributed by atoms with Crippen molar-refractivity contribution in [3.8, 4) is 5.75 Å². The molecular weight excluding hydrogens is 414 g/mol. The van der Waals surface area contributed by atoms with E-state index in [-0.39, 0.29) is 11.8 Å². The molecule has 0 spiro atoms. The van der Waals surface area contributed by atoms with Gasteiger partial charge in [-0.1, -0.05) is 30.3 Å². The smallest absolute Gasteiger partial charge is 0.247 e. The molecule has 2 N–H and O–H groups in total. The third-order valence-electron chi connectivity index (χ3n) is 5.92. The number of nitrogens with zero attached hydrogens (tertiary/aromatic N) is 1. The molecule has 1 aliphatic rings. The number of benzene rings is 2. The van der Waals surface area contributed by atoms with Crippen molar-refractivity contribution in [1.82, 2.24) is 15.2 Å². The third-order valence-corrected chi connectivity index (χ3v) is 5.92. The number of allylic oxidation sites excluding steroid dienone is 1. The van der Waals surface area contributed by atoms with Crippen molar-refractivity contribution in [2.24, 2.45) is 0 Å². The molecule has 3 aromatic rings. The Morgan fingerprint density at radius 2 is 1.82 bits per heavy atom. The normalized spacial score (nSPS) is 16.9. The Kier molecular flexibility index (Phi) is 6.02. The molecule has 0 fully saturated rings. The molecular formula is C27H31N3O3. The highest BCUT2D eigenvalue weighted by molar-refractivity contribution is 6.00. The van der Waals surface area contributed by atoms with E-state index in [4.69, 9.17) is 4.74 Å². The summed E-state index contributed by atoms with van der Waals surface area (Å²) in [5.74, 6) is 0.320. The second-order valence-corrected chi connectivity index (χ2v) is 9.55. The van der Waals surface area contributed by atoms with Gasteiger partial charge in [-0.2, -0.15) is 0 Å². The Balaban J connectivity index is 1.77. The molecule has 33 heavy (non-hydrogen) atoms. The van der Waals surface area contributed by atoms with E-state index in [2.05, 4.69) is 16.4 Å². The second-order valence-electron chi connectivity index (χ2n) is 9.55. The number of hydrogen-bond donors (Lipinski definition) is 2. The minimum atomic E-state index is -0.751. The molecule has 0 saturated heterocycles. The quantitative estimate of drug-likeness (QED) is 0.615. The fourth-order valence-electron chi connectivity index (χ4n) is 4.43. The van der Waals surface area contributed by atoms with Gasteiger partial charge >= 0.3 is 0 Å². The Hall–Kier alpha value is -3.54. The van der Waals surface area contributed by atoms with E-state index in [1.807, 2.05) is 70.2 Å². The average molecular weight is 446 g/mol. The summed E-state index contributed by atoms with van der Waals surface area (Å²) in [6.07, 6.45) is 2.28. The van der Waals surface area contributed by atoms with Crippen LogP contribution in [-0.4, -0.2) is 40.9 Å². The SMILES string of the molecule is COc1ccc(C(C(=O)NC(C)(C)C)N2CCc3c([nH]c4ccccc34)/C(C)=C\C2=O)cc1. The number of hydrogen-bond acceptors (Lipinski definition) is 3. The van der Waals surface area contributed by atoms with Crippen LogP contribution in [0, 0.1) is 0 Å². The van der Waals surface area contributed by atoms with Crippen LogP contribution in [0.2, 0.25) is 0 Å². The van der Waals surface area contributed by atoms with Crippen LogP contribution in [0.1, 0.15) is 50.6 Å². The summed E-state index contributed by atoms with van der Waals surface area (Å²) < 4.78 is 5.28. The van der Waals surface area contributed by atoms with Crippen LogP contribution < -0.4 is 10.1 Å². The molecule has 4 rings (SSSR count). The number of ether oxygens (including phenoxy) is 1. The minimum Gasteiger partial charge on any atom is -0.497 e. The summed E-state index contributed by atoms with van der Waals surface area (Å²) in [6.45, 7) is 8.17. The van der Waals surface area contributed by atoms with Gasteiger partial charge in [-0.15, -0.1) is 0 Å². The summed E-state index contributed by atoms with van der Waals surface area (Å²) in [5, 5.41) is 4.21. The number of methoxy groups -OCH3 is 1. The monoisotopic (exact) mass is 445 g/mol. The molecule has 2 heterocycles. The first-order valence-electron chi connectivity index (χ1n) is 11.2. The lowest BCUT2D eigenvalue weighted by Gasteiger charge is -2.34. The molecule has 1 aliphatic heterocycles. The molecule has 6 heteroatoms. The number of carbonyl (C=O) groups is 2. The number of aromatic amines is 1. The fraction of sp³-hybridized carbons (Fsp3) is 0.333. The highest BCUT2D eigenvalue weighted by Crippen LogP contribution is 2.32. The van der Waals surface area contributed by atoms with Gasteiger partial charge in [0.15, 0.2) is 0 Å². The van der Waals surface area contributed by atoms with Gasteiger partial charge in [0, 0.05) is 34.8 Å².